The first-order chi connectivity index (χ1) is 28.3. The number of benzene rings is 9. The predicted molar refractivity (Wildman–Crippen MR) is 270 cm³/mol. The van der Waals surface area contributed by atoms with Crippen molar-refractivity contribution in [3.63, 3.8) is 0 Å². The average Bonchev–Trinajstić information content (AvgIpc) is 3.30. The Balaban J connectivity index is 0.000000194. The van der Waals surface area contributed by atoms with E-state index in [0.717, 1.165) is 0 Å². The summed E-state index contributed by atoms with van der Waals surface area (Å²) in [6.07, 6.45) is 0. The molecule has 9 aromatic rings. The Bertz CT molecular complexity index is 1870. The van der Waals surface area contributed by atoms with Gasteiger partial charge in [-0.3, -0.25) is 0 Å². The minimum absolute atomic E-state index is 0. The molecule has 0 amide bonds. The molecule has 0 spiro atoms. The molecule has 0 radical (unpaired) electrons. The van der Waals surface area contributed by atoms with Crippen LogP contribution in [0.3, 0.4) is 0 Å². The van der Waals surface area contributed by atoms with Crippen LogP contribution < -0.4 is 47.7 Å². The van der Waals surface area contributed by atoms with Crippen molar-refractivity contribution in [3.8, 4) is 0 Å². The van der Waals surface area contributed by atoms with Crippen LogP contribution in [-0.2, 0) is 19.5 Å². The van der Waals surface area contributed by atoms with Crippen molar-refractivity contribution in [2.45, 2.75) is 0 Å². The number of halogens is 2. The first kappa shape index (κ1) is 48.1. The maximum Gasteiger partial charge on any atom is 0 e. The zero-order chi connectivity index (χ0) is 38.7. The first-order valence-electron chi connectivity index (χ1n) is 19.2. The smallest absolute Gasteiger partial charge is 0 e. The van der Waals surface area contributed by atoms with Crippen LogP contribution in [0.15, 0.2) is 273 Å². The Kier molecular flexibility index (Phi) is 21.4. The van der Waals surface area contributed by atoms with Crippen LogP contribution in [0.2, 0.25) is 0 Å². The van der Waals surface area contributed by atoms with E-state index in [9.17, 15) is 0 Å². The van der Waals surface area contributed by atoms with Crippen LogP contribution >= 0.6 is 48.6 Å². The van der Waals surface area contributed by atoms with Crippen LogP contribution in [-0.4, -0.2) is 0 Å². The molecule has 0 bridgehead atoms. The Labute approximate surface area is 386 Å². The fraction of sp³-hybridized carbons (Fsp3) is 0. The molecule has 6 heteroatoms. The monoisotopic (exact) mass is 960 g/mol. The molecule has 0 N–H and O–H groups in total. The Morgan fingerprint density at radius 2 is 0.233 bits per heavy atom. The third kappa shape index (κ3) is 13.8. The Morgan fingerprint density at radius 1 is 0.150 bits per heavy atom. The normalized spacial score (nSPS) is 10.1. The van der Waals surface area contributed by atoms with Gasteiger partial charge in [0.05, 0.1) is 0 Å². The van der Waals surface area contributed by atoms with Crippen molar-refractivity contribution >= 4 is 96.3 Å². The molecule has 60 heavy (non-hydrogen) atoms. The topological polar surface area (TPSA) is 0 Å². The summed E-state index contributed by atoms with van der Waals surface area (Å²) in [5.41, 5.74) is 0. The van der Waals surface area contributed by atoms with E-state index in [-0.39, 0.29) is 44.3 Å². The maximum atomic E-state index is 2.23. The summed E-state index contributed by atoms with van der Waals surface area (Å²) in [7, 11) is -1.34. The fourth-order valence-electron chi connectivity index (χ4n) is 6.54. The second kappa shape index (κ2) is 26.6. The standard InChI is InChI=1S/3C18H15P.2ClH.Ru/c3*1-4-10-16(11-5-1)19(17-12-6-2-7-13-17)18-14-8-3-9-15-18;;;/h3*1-15H;2*1H;. The van der Waals surface area contributed by atoms with E-state index in [0.29, 0.717) is 0 Å². The summed E-state index contributed by atoms with van der Waals surface area (Å²) in [5.74, 6) is 0. The summed E-state index contributed by atoms with van der Waals surface area (Å²) < 4.78 is 0. The zero-order valence-electron chi connectivity index (χ0n) is 33.0. The van der Waals surface area contributed by atoms with E-state index >= 15 is 0 Å². The Morgan fingerprint density at radius 3 is 0.317 bits per heavy atom. The minimum Gasteiger partial charge on any atom is -0.147 e. The third-order valence-corrected chi connectivity index (χ3v) is 16.5. The van der Waals surface area contributed by atoms with Gasteiger partial charge in [-0.1, -0.05) is 273 Å². The van der Waals surface area contributed by atoms with Gasteiger partial charge in [-0.25, -0.2) is 0 Å². The van der Waals surface area contributed by atoms with Gasteiger partial charge in [-0.05, 0) is 71.5 Å². The fourth-order valence-corrected chi connectivity index (χ4v) is 13.5. The van der Waals surface area contributed by atoms with E-state index in [2.05, 4.69) is 273 Å². The quantitative estimate of drug-likeness (QED) is 0.0999. The molecule has 0 aliphatic heterocycles. The van der Waals surface area contributed by atoms with Gasteiger partial charge in [0.15, 0.2) is 0 Å². The average molecular weight is 961 g/mol. The SMILES string of the molecule is Cl.Cl.[Ru].c1ccc(P(c2ccccc2)c2ccccc2)cc1.c1ccc(P(c2ccccc2)c2ccccc2)cc1.c1ccc(P(c2ccccc2)c2ccccc2)cc1. The molecule has 9 rings (SSSR count). The molecule has 0 fully saturated rings. The van der Waals surface area contributed by atoms with E-state index in [1.807, 2.05) is 0 Å². The van der Waals surface area contributed by atoms with Crippen LogP contribution in [0.4, 0.5) is 0 Å². The minimum atomic E-state index is -0.446. The van der Waals surface area contributed by atoms with Gasteiger partial charge in [0, 0.05) is 19.5 Å². The van der Waals surface area contributed by atoms with Crippen LogP contribution in [0.25, 0.3) is 0 Å². The van der Waals surface area contributed by atoms with Crippen molar-refractivity contribution in [1.29, 1.82) is 0 Å². The molecule has 0 nitrogen and oxygen atoms in total. The van der Waals surface area contributed by atoms with Crippen molar-refractivity contribution in [1.82, 2.24) is 0 Å². The van der Waals surface area contributed by atoms with E-state index in [1.54, 1.807) is 0 Å². The number of hydrogen-bond acceptors (Lipinski definition) is 0. The van der Waals surface area contributed by atoms with Gasteiger partial charge in [-0.2, -0.15) is 0 Å². The van der Waals surface area contributed by atoms with Crippen molar-refractivity contribution in [2.75, 3.05) is 0 Å². The van der Waals surface area contributed by atoms with Crippen molar-refractivity contribution in [3.05, 3.63) is 273 Å². The molecule has 0 aliphatic carbocycles. The molecule has 0 heterocycles. The summed E-state index contributed by atoms with van der Waals surface area (Å²) in [4.78, 5) is 0. The van der Waals surface area contributed by atoms with E-state index in [1.165, 1.54) is 47.7 Å². The van der Waals surface area contributed by atoms with Gasteiger partial charge in [0.2, 0.25) is 0 Å². The molecule has 0 atom stereocenters. The van der Waals surface area contributed by atoms with E-state index in [4.69, 9.17) is 0 Å². The van der Waals surface area contributed by atoms with Crippen molar-refractivity contribution in [2.24, 2.45) is 0 Å². The molecule has 9 aromatic carbocycles. The second-order valence-corrected chi connectivity index (χ2v) is 19.7. The molecular weight excluding hydrogens is 913 g/mol. The van der Waals surface area contributed by atoms with Gasteiger partial charge >= 0.3 is 0 Å². The summed E-state index contributed by atoms with van der Waals surface area (Å²) >= 11 is 0. The number of hydrogen-bond donors (Lipinski definition) is 0. The number of rotatable bonds is 9. The molecule has 0 unspecified atom stereocenters. The largest absolute Gasteiger partial charge is 0.147 e. The predicted octanol–water partition coefficient (Wildman–Crippen LogP) is 11.2. The summed E-state index contributed by atoms with van der Waals surface area (Å²) in [5, 5.41) is 12.6. The molecule has 0 aliphatic rings. The summed E-state index contributed by atoms with van der Waals surface area (Å²) in [6, 6.07) is 97.0. The van der Waals surface area contributed by atoms with Crippen molar-refractivity contribution < 1.29 is 19.5 Å². The van der Waals surface area contributed by atoms with Crippen LogP contribution in [0, 0.1) is 0 Å². The third-order valence-electron chi connectivity index (χ3n) is 9.13. The molecule has 0 saturated heterocycles. The second-order valence-electron chi connectivity index (χ2n) is 13.0. The first-order valence-corrected chi connectivity index (χ1v) is 23.2. The summed E-state index contributed by atoms with van der Waals surface area (Å²) in [6.45, 7) is 0. The van der Waals surface area contributed by atoms with Gasteiger partial charge in [0.1, 0.15) is 0 Å². The van der Waals surface area contributed by atoms with Gasteiger partial charge in [0.25, 0.3) is 0 Å². The van der Waals surface area contributed by atoms with Crippen LogP contribution in [0.1, 0.15) is 0 Å². The Hall–Kier alpha value is -4.53. The molecular formula is C54H47Cl2P3Ru. The molecule has 0 saturated carbocycles. The maximum absolute atomic E-state index is 2.23. The molecule has 300 valence electrons. The van der Waals surface area contributed by atoms with E-state index < -0.39 is 23.8 Å². The molecule has 0 aromatic heterocycles. The van der Waals surface area contributed by atoms with Crippen LogP contribution in [0.5, 0.6) is 0 Å². The zero-order valence-corrected chi connectivity index (χ0v) is 39.0. The van der Waals surface area contributed by atoms with Gasteiger partial charge < -0.3 is 0 Å². The van der Waals surface area contributed by atoms with Gasteiger partial charge in [-0.15, -0.1) is 24.8 Å².